The zero-order valence-electron chi connectivity index (χ0n) is 10.5. The number of hydrogen-bond donors (Lipinski definition) is 1. The molecule has 19 heavy (non-hydrogen) atoms. The first kappa shape index (κ1) is 12.4. The summed E-state index contributed by atoms with van der Waals surface area (Å²) in [6.07, 6.45) is 4.98. The van der Waals surface area contributed by atoms with E-state index in [9.17, 15) is 0 Å². The van der Waals surface area contributed by atoms with Gasteiger partial charge in [-0.15, -0.1) is 0 Å². The second-order valence-electron chi connectivity index (χ2n) is 4.63. The largest absolute Gasteiger partial charge is 0.383 e. The molecule has 0 saturated heterocycles. The van der Waals surface area contributed by atoms with Crippen LogP contribution in [0.2, 0.25) is 0 Å². The van der Waals surface area contributed by atoms with Crippen LogP contribution in [0, 0.1) is 0 Å². The van der Waals surface area contributed by atoms with Crippen molar-refractivity contribution < 1.29 is 0 Å². The maximum Gasteiger partial charge on any atom is 0.152 e. The number of aryl methyl sites for hydroxylation is 1. The molecule has 1 aromatic heterocycles. The standard InChI is InChI=1S/C14H15BrN4/c15-12-13(16)17-9-18-14(12)19-8-4-3-6-10-5-1-2-7-11(10)19/h1-2,5,7,9H,3-4,6,8H2,(H2,16,17,18). The number of nitrogens with two attached hydrogens (primary N) is 1. The van der Waals surface area contributed by atoms with Gasteiger partial charge in [-0.1, -0.05) is 18.2 Å². The van der Waals surface area contributed by atoms with Gasteiger partial charge in [0.25, 0.3) is 0 Å². The fraction of sp³-hybridized carbons (Fsp3) is 0.286. The molecule has 4 nitrogen and oxygen atoms in total. The van der Waals surface area contributed by atoms with Crippen LogP contribution in [0.5, 0.6) is 0 Å². The highest BCUT2D eigenvalue weighted by Crippen LogP contribution is 2.36. The number of halogens is 1. The first-order chi connectivity index (χ1) is 9.27. The predicted molar refractivity (Wildman–Crippen MR) is 80.5 cm³/mol. The summed E-state index contributed by atoms with van der Waals surface area (Å²) in [5, 5.41) is 0. The van der Waals surface area contributed by atoms with Gasteiger partial charge in [-0.25, -0.2) is 9.97 Å². The van der Waals surface area contributed by atoms with Gasteiger partial charge in [-0.05, 0) is 46.8 Å². The Kier molecular flexibility index (Phi) is 3.38. The van der Waals surface area contributed by atoms with Crippen LogP contribution in [0.3, 0.4) is 0 Å². The lowest BCUT2D eigenvalue weighted by atomic mass is 10.1. The van der Waals surface area contributed by atoms with E-state index in [2.05, 4.69) is 55.1 Å². The van der Waals surface area contributed by atoms with Crippen LogP contribution < -0.4 is 10.6 Å². The van der Waals surface area contributed by atoms with Gasteiger partial charge in [0.2, 0.25) is 0 Å². The highest BCUT2D eigenvalue weighted by atomic mass is 79.9. The molecule has 0 unspecified atom stereocenters. The Morgan fingerprint density at radius 3 is 2.89 bits per heavy atom. The van der Waals surface area contributed by atoms with E-state index in [0.29, 0.717) is 5.82 Å². The van der Waals surface area contributed by atoms with Gasteiger partial charge in [-0.3, -0.25) is 0 Å². The fourth-order valence-corrected chi connectivity index (χ4v) is 2.89. The molecule has 2 heterocycles. The molecule has 0 saturated carbocycles. The lowest BCUT2D eigenvalue weighted by molar-refractivity contribution is 0.756. The van der Waals surface area contributed by atoms with Crippen molar-refractivity contribution >= 4 is 33.3 Å². The van der Waals surface area contributed by atoms with E-state index in [-0.39, 0.29) is 0 Å². The third-order valence-electron chi connectivity index (χ3n) is 3.41. The van der Waals surface area contributed by atoms with E-state index in [0.717, 1.165) is 29.7 Å². The van der Waals surface area contributed by atoms with Crippen LogP contribution >= 0.6 is 15.9 Å². The number of anilines is 3. The minimum absolute atomic E-state index is 0.478. The maximum absolute atomic E-state index is 5.86. The molecule has 2 N–H and O–H groups in total. The Bertz CT molecular complexity index is 600. The average molecular weight is 319 g/mol. The van der Waals surface area contributed by atoms with Crippen molar-refractivity contribution in [2.75, 3.05) is 17.2 Å². The smallest absolute Gasteiger partial charge is 0.152 e. The number of aromatic nitrogens is 2. The molecule has 0 bridgehead atoms. The second-order valence-corrected chi connectivity index (χ2v) is 5.43. The first-order valence-corrected chi connectivity index (χ1v) is 7.18. The summed E-state index contributed by atoms with van der Waals surface area (Å²) in [5.41, 5.74) is 8.45. The highest BCUT2D eigenvalue weighted by molar-refractivity contribution is 9.10. The maximum atomic E-state index is 5.86. The fourth-order valence-electron chi connectivity index (χ4n) is 2.47. The monoisotopic (exact) mass is 318 g/mol. The van der Waals surface area contributed by atoms with Crippen molar-refractivity contribution in [2.45, 2.75) is 19.3 Å². The highest BCUT2D eigenvalue weighted by Gasteiger charge is 2.20. The van der Waals surface area contributed by atoms with Crippen LogP contribution in [0.1, 0.15) is 18.4 Å². The second kappa shape index (κ2) is 5.17. The molecule has 0 spiro atoms. The van der Waals surface area contributed by atoms with E-state index < -0.39 is 0 Å². The SMILES string of the molecule is Nc1ncnc(N2CCCCc3ccccc32)c1Br. The van der Waals surface area contributed by atoms with Crippen molar-refractivity contribution in [1.82, 2.24) is 9.97 Å². The molecular weight excluding hydrogens is 304 g/mol. The van der Waals surface area contributed by atoms with Crippen LogP contribution in [0.4, 0.5) is 17.3 Å². The van der Waals surface area contributed by atoms with Crippen LogP contribution in [-0.2, 0) is 6.42 Å². The van der Waals surface area contributed by atoms with Crippen molar-refractivity contribution in [1.29, 1.82) is 0 Å². The van der Waals surface area contributed by atoms with Gasteiger partial charge < -0.3 is 10.6 Å². The summed E-state index contributed by atoms with van der Waals surface area (Å²) < 4.78 is 0.770. The quantitative estimate of drug-likeness (QED) is 0.876. The minimum atomic E-state index is 0.478. The molecule has 0 aliphatic carbocycles. The van der Waals surface area contributed by atoms with Crippen molar-refractivity contribution in [3.05, 3.63) is 40.6 Å². The zero-order chi connectivity index (χ0) is 13.2. The van der Waals surface area contributed by atoms with Gasteiger partial charge in [0.15, 0.2) is 5.82 Å². The lowest BCUT2D eigenvalue weighted by Gasteiger charge is -2.25. The van der Waals surface area contributed by atoms with Crippen molar-refractivity contribution in [3.8, 4) is 0 Å². The molecule has 1 aromatic carbocycles. The number of hydrogen-bond acceptors (Lipinski definition) is 4. The van der Waals surface area contributed by atoms with E-state index >= 15 is 0 Å². The van der Waals surface area contributed by atoms with Gasteiger partial charge in [0, 0.05) is 12.2 Å². The Labute approximate surface area is 120 Å². The summed E-state index contributed by atoms with van der Waals surface area (Å²) >= 11 is 3.50. The third-order valence-corrected chi connectivity index (χ3v) is 4.17. The predicted octanol–water partition coefficient (Wildman–Crippen LogP) is 3.30. The number of rotatable bonds is 1. The van der Waals surface area contributed by atoms with E-state index in [1.807, 2.05) is 0 Å². The summed E-state index contributed by atoms with van der Waals surface area (Å²) in [6, 6.07) is 8.48. The third kappa shape index (κ3) is 2.30. The molecule has 0 atom stereocenters. The summed E-state index contributed by atoms with van der Waals surface area (Å²) in [5.74, 6) is 1.33. The van der Waals surface area contributed by atoms with Crippen molar-refractivity contribution in [2.24, 2.45) is 0 Å². The zero-order valence-corrected chi connectivity index (χ0v) is 12.1. The topological polar surface area (TPSA) is 55.0 Å². The molecule has 0 amide bonds. The molecule has 0 radical (unpaired) electrons. The Hall–Kier alpha value is -1.62. The van der Waals surface area contributed by atoms with Crippen molar-refractivity contribution in [3.63, 3.8) is 0 Å². The molecule has 2 aromatic rings. The van der Waals surface area contributed by atoms with E-state index in [4.69, 9.17) is 5.73 Å². The first-order valence-electron chi connectivity index (χ1n) is 6.39. The lowest BCUT2D eigenvalue weighted by Crippen LogP contribution is -2.20. The number of nitrogen functional groups attached to an aromatic ring is 1. The molecule has 1 aliphatic rings. The van der Waals surface area contributed by atoms with Gasteiger partial charge in [0.1, 0.15) is 16.6 Å². The van der Waals surface area contributed by atoms with E-state index in [1.54, 1.807) is 0 Å². The number of benzene rings is 1. The Morgan fingerprint density at radius 2 is 2.00 bits per heavy atom. The minimum Gasteiger partial charge on any atom is -0.383 e. The van der Waals surface area contributed by atoms with Crippen LogP contribution in [0.25, 0.3) is 0 Å². The molecular formula is C14H15BrN4. The Morgan fingerprint density at radius 1 is 1.16 bits per heavy atom. The van der Waals surface area contributed by atoms with Gasteiger partial charge in [0.05, 0.1) is 0 Å². The summed E-state index contributed by atoms with van der Waals surface area (Å²) in [7, 11) is 0. The van der Waals surface area contributed by atoms with Crippen LogP contribution in [-0.4, -0.2) is 16.5 Å². The van der Waals surface area contributed by atoms with Gasteiger partial charge in [-0.2, -0.15) is 0 Å². The molecule has 1 aliphatic heterocycles. The molecule has 3 rings (SSSR count). The number of fused-ring (bicyclic) bond motifs is 1. The normalized spacial score (nSPS) is 14.9. The number of nitrogens with zero attached hydrogens (tertiary/aromatic N) is 3. The van der Waals surface area contributed by atoms with Crippen LogP contribution in [0.15, 0.2) is 35.1 Å². The molecule has 0 fully saturated rings. The summed E-state index contributed by atoms with van der Waals surface area (Å²) in [6.45, 7) is 0.950. The van der Waals surface area contributed by atoms with E-state index in [1.165, 1.54) is 24.0 Å². The van der Waals surface area contributed by atoms with Gasteiger partial charge >= 0.3 is 0 Å². The Balaban J connectivity index is 2.12. The number of para-hydroxylation sites is 1. The summed E-state index contributed by atoms with van der Waals surface area (Å²) in [4.78, 5) is 10.6. The molecule has 98 valence electrons. The average Bonchev–Trinajstić information content (AvgIpc) is 2.64. The molecule has 5 heteroatoms.